The Balaban J connectivity index is 2.51. The Morgan fingerprint density at radius 3 is 2.62 bits per heavy atom. The van der Waals surface area contributed by atoms with Crippen LogP contribution in [0.4, 0.5) is 4.39 Å². The Hall–Kier alpha value is -1.42. The highest BCUT2D eigenvalue weighted by molar-refractivity contribution is 5.90. The topological polar surface area (TPSA) is 63.3 Å². The number of aromatic carboxylic acids is 1. The minimum atomic E-state index is -1.09. The molecule has 0 aliphatic heterocycles. The van der Waals surface area contributed by atoms with Crippen LogP contribution in [-0.2, 0) is 5.41 Å². The number of nitrogens with two attached hydrogens (primary N) is 1. The van der Waals surface area contributed by atoms with E-state index in [1.165, 1.54) is 6.07 Å². The summed E-state index contributed by atoms with van der Waals surface area (Å²) in [7, 11) is 0. The van der Waals surface area contributed by atoms with Crippen LogP contribution >= 0.6 is 0 Å². The van der Waals surface area contributed by atoms with Gasteiger partial charge in [-0.1, -0.05) is 12.5 Å². The highest BCUT2D eigenvalue weighted by Gasteiger charge is 2.39. The zero-order valence-corrected chi connectivity index (χ0v) is 8.87. The Morgan fingerprint density at radius 2 is 2.19 bits per heavy atom. The molecular formula is C12H14FNO2. The SMILES string of the molecule is NCC1(c2ccc(F)cc2C(=O)O)CCC1. The maximum atomic E-state index is 13.0. The highest BCUT2D eigenvalue weighted by atomic mass is 19.1. The molecule has 0 saturated heterocycles. The Bertz CT molecular complexity index is 422. The lowest BCUT2D eigenvalue weighted by Gasteiger charge is -2.42. The molecule has 1 saturated carbocycles. The summed E-state index contributed by atoms with van der Waals surface area (Å²) in [5.74, 6) is -1.61. The van der Waals surface area contributed by atoms with Crippen molar-refractivity contribution in [1.29, 1.82) is 0 Å². The third-order valence-electron chi connectivity index (χ3n) is 3.48. The summed E-state index contributed by atoms with van der Waals surface area (Å²) in [4.78, 5) is 11.1. The second-order valence-electron chi connectivity index (χ2n) is 4.33. The monoisotopic (exact) mass is 223 g/mol. The van der Waals surface area contributed by atoms with Crippen LogP contribution in [0, 0.1) is 5.82 Å². The fourth-order valence-electron chi connectivity index (χ4n) is 2.34. The van der Waals surface area contributed by atoms with Gasteiger partial charge < -0.3 is 10.8 Å². The lowest BCUT2D eigenvalue weighted by molar-refractivity contribution is 0.0690. The molecule has 4 heteroatoms. The van der Waals surface area contributed by atoms with Crippen LogP contribution in [-0.4, -0.2) is 17.6 Å². The van der Waals surface area contributed by atoms with E-state index < -0.39 is 11.8 Å². The summed E-state index contributed by atoms with van der Waals surface area (Å²) < 4.78 is 13.0. The van der Waals surface area contributed by atoms with Crippen molar-refractivity contribution in [2.75, 3.05) is 6.54 Å². The second-order valence-corrected chi connectivity index (χ2v) is 4.33. The molecule has 1 aliphatic rings. The van der Waals surface area contributed by atoms with Gasteiger partial charge in [0.25, 0.3) is 0 Å². The van der Waals surface area contributed by atoms with Crippen molar-refractivity contribution in [1.82, 2.24) is 0 Å². The van der Waals surface area contributed by atoms with Gasteiger partial charge in [-0.25, -0.2) is 9.18 Å². The molecule has 0 radical (unpaired) electrons. The predicted molar refractivity (Wildman–Crippen MR) is 57.9 cm³/mol. The lowest BCUT2D eigenvalue weighted by atomic mass is 9.63. The zero-order valence-electron chi connectivity index (χ0n) is 8.87. The third kappa shape index (κ3) is 1.59. The molecule has 0 amide bonds. The fraction of sp³-hybridized carbons (Fsp3) is 0.417. The van der Waals surface area contributed by atoms with Crippen molar-refractivity contribution in [2.45, 2.75) is 24.7 Å². The minimum Gasteiger partial charge on any atom is -0.478 e. The molecule has 0 unspecified atom stereocenters. The number of carboxylic acids is 1. The number of benzene rings is 1. The average molecular weight is 223 g/mol. The molecule has 86 valence electrons. The highest BCUT2D eigenvalue weighted by Crippen LogP contribution is 2.44. The molecule has 1 aromatic carbocycles. The van der Waals surface area contributed by atoms with Crippen LogP contribution in [0.15, 0.2) is 18.2 Å². The largest absolute Gasteiger partial charge is 0.478 e. The molecule has 0 aromatic heterocycles. The summed E-state index contributed by atoms with van der Waals surface area (Å²) >= 11 is 0. The Labute approximate surface area is 93.1 Å². The number of carbonyl (C=O) groups is 1. The molecule has 0 heterocycles. The van der Waals surface area contributed by atoms with E-state index in [9.17, 15) is 9.18 Å². The first-order valence-corrected chi connectivity index (χ1v) is 5.32. The zero-order chi connectivity index (χ0) is 11.8. The normalized spacial score (nSPS) is 17.9. The van der Waals surface area contributed by atoms with E-state index in [-0.39, 0.29) is 11.0 Å². The summed E-state index contributed by atoms with van der Waals surface area (Å²) in [6.45, 7) is 0.416. The number of halogens is 1. The van der Waals surface area contributed by atoms with Gasteiger partial charge in [0.1, 0.15) is 5.82 Å². The number of carboxylic acid groups (broad SMARTS) is 1. The van der Waals surface area contributed by atoms with Gasteiger partial charge in [0.05, 0.1) is 5.56 Å². The van der Waals surface area contributed by atoms with E-state index in [1.54, 1.807) is 6.07 Å². The molecule has 1 fully saturated rings. The van der Waals surface area contributed by atoms with Gasteiger partial charge in [-0.3, -0.25) is 0 Å². The van der Waals surface area contributed by atoms with E-state index in [2.05, 4.69) is 0 Å². The van der Waals surface area contributed by atoms with Gasteiger partial charge in [-0.15, -0.1) is 0 Å². The summed E-state index contributed by atoms with van der Waals surface area (Å²) in [6.07, 6.45) is 2.82. The van der Waals surface area contributed by atoms with Crippen molar-refractivity contribution < 1.29 is 14.3 Å². The van der Waals surface area contributed by atoms with Crippen LogP contribution in [0.1, 0.15) is 35.2 Å². The molecule has 0 spiro atoms. The first-order valence-electron chi connectivity index (χ1n) is 5.32. The van der Waals surface area contributed by atoms with Crippen molar-refractivity contribution in [3.8, 4) is 0 Å². The van der Waals surface area contributed by atoms with E-state index in [0.717, 1.165) is 25.3 Å². The van der Waals surface area contributed by atoms with Crippen molar-refractivity contribution in [3.63, 3.8) is 0 Å². The smallest absolute Gasteiger partial charge is 0.336 e. The van der Waals surface area contributed by atoms with Gasteiger partial charge in [0.2, 0.25) is 0 Å². The van der Waals surface area contributed by atoms with Crippen LogP contribution < -0.4 is 5.73 Å². The molecule has 0 atom stereocenters. The summed E-state index contributed by atoms with van der Waals surface area (Å²) in [6, 6.07) is 3.94. The van der Waals surface area contributed by atoms with Gasteiger partial charge in [-0.2, -0.15) is 0 Å². The third-order valence-corrected chi connectivity index (χ3v) is 3.48. The van der Waals surface area contributed by atoms with Crippen molar-refractivity contribution >= 4 is 5.97 Å². The Kier molecular flexibility index (Phi) is 2.68. The quantitative estimate of drug-likeness (QED) is 0.822. The van der Waals surface area contributed by atoms with Gasteiger partial charge >= 0.3 is 5.97 Å². The van der Waals surface area contributed by atoms with Crippen LogP contribution in [0.25, 0.3) is 0 Å². The van der Waals surface area contributed by atoms with Gasteiger partial charge in [0.15, 0.2) is 0 Å². The van der Waals surface area contributed by atoms with Crippen molar-refractivity contribution in [2.24, 2.45) is 5.73 Å². The first-order chi connectivity index (χ1) is 7.59. The second kappa shape index (κ2) is 3.87. The molecule has 1 aliphatic carbocycles. The van der Waals surface area contributed by atoms with E-state index in [4.69, 9.17) is 10.8 Å². The molecule has 3 N–H and O–H groups in total. The standard InChI is InChI=1S/C12H14FNO2/c13-8-2-3-10(9(6-8)11(15)16)12(7-14)4-1-5-12/h2-3,6H,1,4-5,7,14H2,(H,15,16). The molecule has 0 bridgehead atoms. The molecule has 1 aromatic rings. The van der Waals surface area contributed by atoms with Crippen LogP contribution in [0.5, 0.6) is 0 Å². The Morgan fingerprint density at radius 1 is 1.50 bits per heavy atom. The maximum absolute atomic E-state index is 13.0. The van der Waals surface area contributed by atoms with E-state index in [1.807, 2.05) is 0 Å². The molecule has 16 heavy (non-hydrogen) atoms. The first kappa shape index (κ1) is 11.1. The van der Waals surface area contributed by atoms with Crippen molar-refractivity contribution in [3.05, 3.63) is 35.1 Å². The number of hydrogen-bond donors (Lipinski definition) is 2. The molecular weight excluding hydrogens is 209 g/mol. The molecule has 2 rings (SSSR count). The summed E-state index contributed by atoms with van der Waals surface area (Å²) in [5, 5.41) is 9.06. The maximum Gasteiger partial charge on any atom is 0.336 e. The van der Waals surface area contributed by atoms with Gasteiger partial charge in [0, 0.05) is 12.0 Å². The predicted octanol–water partition coefficient (Wildman–Crippen LogP) is 1.90. The lowest BCUT2D eigenvalue weighted by Crippen LogP contribution is -2.42. The number of hydrogen-bond acceptors (Lipinski definition) is 2. The van der Waals surface area contributed by atoms with E-state index >= 15 is 0 Å². The van der Waals surface area contributed by atoms with E-state index in [0.29, 0.717) is 12.1 Å². The minimum absolute atomic E-state index is 0.0464. The fourth-order valence-corrected chi connectivity index (χ4v) is 2.34. The average Bonchev–Trinajstić information content (AvgIpc) is 2.19. The molecule has 3 nitrogen and oxygen atoms in total. The van der Waals surface area contributed by atoms with Gasteiger partial charge in [-0.05, 0) is 30.5 Å². The van der Waals surface area contributed by atoms with Crippen LogP contribution in [0.2, 0.25) is 0 Å². The summed E-state index contributed by atoms with van der Waals surface area (Å²) in [5.41, 5.74) is 6.20. The van der Waals surface area contributed by atoms with Crippen LogP contribution in [0.3, 0.4) is 0 Å². The number of rotatable bonds is 3.